The van der Waals surface area contributed by atoms with E-state index in [1.165, 1.54) is 36.9 Å². The molecular weight excluding hydrogens is 466 g/mol. The zero-order chi connectivity index (χ0) is 25.5. The fraction of sp³-hybridized carbons (Fsp3) is 0.367. The van der Waals surface area contributed by atoms with Gasteiger partial charge in [-0.3, -0.25) is 20.0 Å². The van der Waals surface area contributed by atoms with Crippen LogP contribution in [0, 0.1) is 0 Å². The van der Waals surface area contributed by atoms with Crippen LogP contribution < -0.4 is 5.43 Å². The Labute approximate surface area is 216 Å². The molecule has 7 nitrogen and oxygen atoms in total. The Morgan fingerprint density at radius 2 is 1.84 bits per heavy atom. The van der Waals surface area contributed by atoms with Crippen molar-refractivity contribution in [3.63, 3.8) is 0 Å². The van der Waals surface area contributed by atoms with Crippen LogP contribution in [0.1, 0.15) is 72.3 Å². The molecule has 190 valence electrons. The lowest BCUT2D eigenvalue weighted by molar-refractivity contribution is -0.141. The van der Waals surface area contributed by atoms with E-state index in [2.05, 4.69) is 22.1 Å². The zero-order valence-electron chi connectivity index (χ0n) is 21.1. The third-order valence-electron chi connectivity index (χ3n) is 7.98. The molecular formula is C30H31N3O4. The first-order chi connectivity index (χ1) is 18.0. The SMILES string of the molecule is COC(=O)c1ccc2c(C3CCCCC3)c3n(c2c1)CC(C(=O)N1CCCC(=O)N1)=Cc1ccccc1-3. The number of fused-ring (bicyclic) bond motifs is 5. The van der Waals surface area contributed by atoms with Gasteiger partial charge >= 0.3 is 5.97 Å². The van der Waals surface area contributed by atoms with Gasteiger partial charge in [0.25, 0.3) is 5.91 Å². The quantitative estimate of drug-likeness (QED) is 0.505. The van der Waals surface area contributed by atoms with Crippen LogP contribution in [0.4, 0.5) is 0 Å². The molecule has 2 fully saturated rings. The van der Waals surface area contributed by atoms with Gasteiger partial charge in [-0.2, -0.15) is 0 Å². The summed E-state index contributed by atoms with van der Waals surface area (Å²) in [5.74, 6) is -0.291. The van der Waals surface area contributed by atoms with Crippen LogP contribution in [0.25, 0.3) is 28.2 Å². The van der Waals surface area contributed by atoms with Gasteiger partial charge in [0.1, 0.15) is 0 Å². The lowest BCUT2D eigenvalue weighted by Crippen LogP contribution is -2.50. The smallest absolute Gasteiger partial charge is 0.337 e. The predicted octanol–water partition coefficient (Wildman–Crippen LogP) is 5.19. The van der Waals surface area contributed by atoms with Gasteiger partial charge in [-0.05, 0) is 54.5 Å². The maximum atomic E-state index is 13.7. The van der Waals surface area contributed by atoms with Gasteiger partial charge in [-0.1, -0.05) is 49.6 Å². The Hall–Kier alpha value is -3.87. The Balaban J connectivity index is 1.57. The number of nitrogens with zero attached hydrogens (tertiary/aromatic N) is 2. The number of rotatable bonds is 3. The molecule has 3 aromatic rings. The van der Waals surface area contributed by atoms with Crippen LogP contribution in [-0.2, 0) is 20.9 Å². The number of hydrogen-bond donors (Lipinski definition) is 1. The van der Waals surface area contributed by atoms with Crippen LogP contribution in [0.5, 0.6) is 0 Å². The molecule has 7 heteroatoms. The second kappa shape index (κ2) is 9.54. The lowest BCUT2D eigenvalue weighted by atomic mass is 9.81. The van der Waals surface area contributed by atoms with Crippen LogP contribution in [-0.4, -0.2) is 41.0 Å². The Bertz CT molecular complexity index is 1440. The maximum Gasteiger partial charge on any atom is 0.337 e. The minimum Gasteiger partial charge on any atom is -0.465 e. The van der Waals surface area contributed by atoms with Crippen molar-refractivity contribution in [3.05, 3.63) is 64.7 Å². The molecule has 0 unspecified atom stereocenters. The first kappa shape index (κ1) is 23.5. The molecule has 1 aromatic heterocycles. The van der Waals surface area contributed by atoms with E-state index in [1.54, 1.807) is 0 Å². The number of benzene rings is 2. The molecule has 6 rings (SSSR count). The number of hydrazine groups is 1. The average molecular weight is 498 g/mol. The molecule has 0 atom stereocenters. The second-order valence-corrected chi connectivity index (χ2v) is 10.3. The van der Waals surface area contributed by atoms with Gasteiger partial charge in [0.2, 0.25) is 5.91 Å². The number of esters is 1. The predicted molar refractivity (Wildman–Crippen MR) is 142 cm³/mol. The largest absolute Gasteiger partial charge is 0.465 e. The molecule has 0 spiro atoms. The van der Waals surface area contributed by atoms with E-state index in [-0.39, 0.29) is 17.8 Å². The van der Waals surface area contributed by atoms with Crippen molar-refractivity contribution < 1.29 is 19.1 Å². The molecule has 3 heterocycles. The van der Waals surface area contributed by atoms with Crippen LogP contribution in [0.3, 0.4) is 0 Å². The summed E-state index contributed by atoms with van der Waals surface area (Å²) in [5.41, 5.74) is 9.27. The monoisotopic (exact) mass is 497 g/mol. The van der Waals surface area contributed by atoms with Crippen molar-refractivity contribution in [2.45, 2.75) is 57.4 Å². The standard InChI is InChI=1S/C30H31N3O4/c1-37-30(36)21-13-14-24-25(17-21)32-18-22(29(35)33-15-7-12-26(34)31-33)16-20-10-5-6-11-23(20)28(32)27(24)19-8-3-2-4-9-19/h5-6,10-11,13-14,16-17,19H,2-4,7-9,12,15,18H2,1H3,(H,31,34). The summed E-state index contributed by atoms with van der Waals surface area (Å²) in [6.07, 6.45) is 8.97. The van der Waals surface area contributed by atoms with Gasteiger partial charge in [-0.15, -0.1) is 0 Å². The summed E-state index contributed by atoms with van der Waals surface area (Å²) in [5, 5.41) is 2.57. The summed E-state index contributed by atoms with van der Waals surface area (Å²) in [7, 11) is 1.39. The normalized spacial score (nSPS) is 17.9. The van der Waals surface area contributed by atoms with Gasteiger partial charge < -0.3 is 9.30 Å². The average Bonchev–Trinajstić information content (AvgIpc) is 3.15. The van der Waals surface area contributed by atoms with Gasteiger partial charge in [-0.25, -0.2) is 4.79 Å². The van der Waals surface area contributed by atoms with E-state index in [0.29, 0.717) is 43.0 Å². The van der Waals surface area contributed by atoms with E-state index in [0.717, 1.165) is 40.6 Å². The highest BCUT2D eigenvalue weighted by Crippen LogP contribution is 2.46. The minimum absolute atomic E-state index is 0.136. The molecule has 0 radical (unpaired) electrons. The molecule has 37 heavy (non-hydrogen) atoms. The van der Waals surface area contributed by atoms with E-state index in [1.807, 2.05) is 36.4 Å². The summed E-state index contributed by atoms with van der Waals surface area (Å²) >= 11 is 0. The number of carbonyl (C=O) groups excluding carboxylic acids is 3. The Kier molecular flexibility index (Phi) is 6.07. The summed E-state index contributed by atoms with van der Waals surface area (Å²) in [6, 6.07) is 14.0. The number of amides is 2. The second-order valence-electron chi connectivity index (χ2n) is 10.3. The first-order valence-electron chi connectivity index (χ1n) is 13.2. The zero-order valence-corrected chi connectivity index (χ0v) is 21.1. The fourth-order valence-corrected chi connectivity index (χ4v) is 6.24. The van der Waals surface area contributed by atoms with Crippen molar-refractivity contribution in [2.24, 2.45) is 0 Å². The highest BCUT2D eigenvalue weighted by Gasteiger charge is 2.32. The lowest BCUT2D eigenvalue weighted by Gasteiger charge is -2.28. The molecule has 0 bridgehead atoms. The number of aromatic nitrogens is 1. The van der Waals surface area contributed by atoms with Crippen molar-refractivity contribution >= 4 is 34.8 Å². The number of ether oxygens (including phenoxy) is 1. The molecule has 1 saturated carbocycles. The van der Waals surface area contributed by atoms with Crippen LogP contribution in [0.2, 0.25) is 0 Å². The van der Waals surface area contributed by atoms with Crippen molar-refractivity contribution in [2.75, 3.05) is 13.7 Å². The van der Waals surface area contributed by atoms with Crippen LogP contribution >= 0.6 is 0 Å². The first-order valence-corrected chi connectivity index (χ1v) is 13.2. The van der Waals surface area contributed by atoms with E-state index in [9.17, 15) is 14.4 Å². The van der Waals surface area contributed by atoms with E-state index < -0.39 is 0 Å². The number of carbonyl (C=O) groups is 3. The molecule has 2 aliphatic heterocycles. The summed E-state index contributed by atoms with van der Waals surface area (Å²) < 4.78 is 7.22. The highest BCUT2D eigenvalue weighted by molar-refractivity contribution is 6.04. The third-order valence-corrected chi connectivity index (χ3v) is 7.98. The van der Waals surface area contributed by atoms with Gasteiger partial charge in [0, 0.05) is 35.0 Å². The summed E-state index contributed by atoms with van der Waals surface area (Å²) in [4.78, 5) is 38.2. The molecule has 1 aliphatic carbocycles. The Morgan fingerprint density at radius 3 is 2.62 bits per heavy atom. The topological polar surface area (TPSA) is 80.6 Å². The van der Waals surface area contributed by atoms with Crippen molar-refractivity contribution in [1.82, 2.24) is 15.0 Å². The number of methoxy groups -OCH3 is 1. The maximum absolute atomic E-state index is 13.7. The fourth-order valence-electron chi connectivity index (χ4n) is 6.24. The molecule has 3 aliphatic rings. The third kappa shape index (κ3) is 4.12. The van der Waals surface area contributed by atoms with Crippen molar-refractivity contribution in [1.29, 1.82) is 0 Å². The Morgan fingerprint density at radius 1 is 1.03 bits per heavy atom. The van der Waals surface area contributed by atoms with Gasteiger partial charge in [0.15, 0.2) is 0 Å². The van der Waals surface area contributed by atoms with Gasteiger partial charge in [0.05, 0.1) is 24.9 Å². The number of nitrogens with one attached hydrogen (secondary N) is 1. The minimum atomic E-state index is -0.381. The summed E-state index contributed by atoms with van der Waals surface area (Å²) in [6.45, 7) is 0.839. The van der Waals surface area contributed by atoms with E-state index in [4.69, 9.17) is 4.74 Å². The van der Waals surface area contributed by atoms with Crippen molar-refractivity contribution in [3.8, 4) is 11.3 Å². The highest BCUT2D eigenvalue weighted by atomic mass is 16.5. The molecule has 1 N–H and O–H groups in total. The molecule has 2 aromatic carbocycles. The van der Waals surface area contributed by atoms with Crippen LogP contribution in [0.15, 0.2) is 48.0 Å². The van der Waals surface area contributed by atoms with E-state index >= 15 is 0 Å². The molecule has 2 amide bonds. The number of hydrogen-bond acceptors (Lipinski definition) is 4. The molecule has 1 saturated heterocycles.